The predicted octanol–water partition coefficient (Wildman–Crippen LogP) is 1.39. The highest BCUT2D eigenvalue weighted by Crippen LogP contribution is 2.28. The lowest BCUT2D eigenvalue weighted by Crippen LogP contribution is -2.34. The molecule has 3 rings (SSSR count). The van der Waals surface area contributed by atoms with Gasteiger partial charge in [0.05, 0.1) is 16.6 Å². The van der Waals surface area contributed by atoms with Gasteiger partial charge in [-0.3, -0.25) is 9.48 Å². The van der Waals surface area contributed by atoms with Gasteiger partial charge in [0, 0.05) is 25.3 Å². The van der Waals surface area contributed by atoms with Gasteiger partial charge in [0.25, 0.3) is 5.91 Å². The number of likely N-dealkylation sites (tertiary alicyclic amines) is 1. The first kappa shape index (κ1) is 15.0. The molecule has 2 atom stereocenters. The topological polar surface area (TPSA) is 77.0 Å². The number of aryl methyl sites for hydroxylation is 3. The van der Waals surface area contributed by atoms with Crippen molar-refractivity contribution in [2.45, 2.75) is 33.2 Å². The lowest BCUT2D eigenvalue weighted by molar-refractivity contribution is 0.0745. The standard InChI is InChI=1S/C16H23N5O/c1-9-5-13(14-11(3)19-20(4)15(14)18-9)16(22)21-8-12(7-17)6-10(21)2/h5,10,12H,6-8,17H2,1-4H3. The van der Waals surface area contributed by atoms with Crippen LogP contribution in [0.15, 0.2) is 6.07 Å². The molecule has 0 radical (unpaired) electrons. The number of nitrogens with two attached hydrogens (primary N) is 1. The number of carbonyl (C=O) groups is 1. The van der Waals surface area contributed by atoms with Gasteiger partial charge in [-0.15, -0.1) is 0 Å². The highest BCUT2D eigenvalue weighted by Gasteiger charge is 2.33. The summed E-state index contributed by atoms with van der Waals surface area (Å²) in [6, 6.07) is 2.10. The normalized spacial score (nSPS) is 21.8. The molecule has 1 fully saturated rings. The molecule has 2 N–H and O–H groups in total. The number of amides is 1. The van der Waals surface area contributed by atoms with Gasteiger partial charge in [-0.2, -0.15) is 5.10 Å². The van der Waals surface area contributed by atoms with Crippen molar-refractivity contribution in [3.8, 4) is 0 Å². The Morgan fingerprint density at radius 1 is 1.45 bits per heavy atom. The highest BCUT2D eigenvalue weighted by atomic mass is 16.2. The largest absolute Gasteiger partial charge is 0.336 e. The lowest BCUT2D eigenvalue weighted by Gasteiger charge is -2.22. The van der Waals surface area contributed by atoms with Gasteiger partial charge >= 0.3 is 0 Å². The number of hydrogen-bond acceptors (Lipinski definition) is 4. The van der Waals surface area contributed by atoms with Crippen LogP contribution in [-0.4, -0.2) is 44.7 Å². The van der Waals surface area contributed by atoms with Crippen molar-refractivity contribution >= 4 is 16.9 Å². The quantitative estimate of drug-likeness (QED) is 0.909. The van der Waals surface area contributed by atoms with E-state index in [1.54, 1.807) is 4.68 Å². The third-order valence-electron chi connectivity index (χ3n) is 4.58. The maximum absolute atomic E-state index is 13.1. The molecule has 3 heterocycles. The predicted molar refractivity (Wildman–Crippen MR) is 85.6 cm³/mol. The highest BCUT2D eigenvalue weighted by molar-refractivity contribution is 6.06. The molecule has 2 aromatic heterocycles. The molecule has 1 aliphatic heterocycles. The van der Waals surface area contributed by atoms with E-state index < -0.39 is 0 Å². The Bertz CT molecular complexity index is 736. The third kappa shape index (κ3) is 2.27. The molecule has 0 bridgehead atoms. The summed E-state index contributed by atoms with van der Waals surface area (Å²) in [6.07, 6.45) is 0.974. The summed E-state index contributed by atoms with van der Waals surface area (Å²) in [5.41, 5.74) is 8.93. The van der Waals surface area contributed by atoms with Gasteiger partial charge in [-0.05, 0) is 45.7 Å². The molecule has 118 valence electrons. The van der Waals surface area contributed by atoms with Crippen LogP contribution < -0.4 is 5.73 Å². The van der Waals surface area contributed by atoms with Gasteiger partial charge in [0.1, 0.15) is 0 Å². The zero-order valence-electron chi connectivity index (χ0n) is 13.6. The van der Waals surface area contributed by atoms with E-state index in [0.29, 0.717) is 18.0 Å². The van der Waals surface area contributed by atoms with Crippen LogP contribution in [0.4, 0.5) is 0 Å². The summed E-state index contributed by atoms with van der Waals surface area (Å²) in [7, 11) is 1.86. The van der Waals surface area contributed by atoms with Crippen LogP contribution in [0.3, 0.4) is 0 Å². The lowest BCUT2D eigenvalue weighted by atomic mass is 10.1. The molecular formula is C16H23N5O. The van der Waals surface area contributed by atoms with Crippen molar-refractivity contribution in [3.05, 3.63) is 23.0 Å². The molecule has 0 aliphatic carbocycles. The van der Waals surface area contributed by atoms with E-state index in [2.05, 4.69) is 17.0 Å². The number of hydrogen-bond donors (Lipinski definition) is 1. The van der Waals surface area contributed by atoms with Gasteiger partial charge in [0.2, 0.25) is 0 Å². The summed E-state index contributed by atoms with van der Waals surface area (Å²) in [5, 5.41) is 5.28. The zero-order valence-corrected chi connectivity index (χ0v) is 13.6. The first-order valence-electron chi connectivity index (χ1n) is 7.74. The summed E-state index contributed by atoms with van der Waals surface area (Å²) in [4.78, 5) is 19.5. The van der Waals surface area contributed by atoms with Crippen LogP contribution in [0.2, 0.25) is 0 Å². The first-order valence-corrected chi connectivity index (χ1v) is 7.74. The monoisotopic (exact) mass is 301 g/mol. The Morgan fingerprint density at radius 3 is 2.82 bits per heavy atom. The SMILES string of the molecule is Cc1cc(C(=O)N2CC(CN)CC2C)c2c(C)nn(C)c2n1. The minimum Gasteiger partial charge on any atom is -0.336 e. The van der Waals surface area contributed by atoms with Crippen LogP contribution in [0.5, 0.6) is 0 Å². The average Bonchev–Trinajstić information content (AvgIpc) is 2.98. The second-order valence-corrected chi connectivity index (χ2v) is 6.36. The third-order valence-corrected chi connectivity index (χ3v) is 4.58. The number of fused-ring (bicyclic) bond motifs is 1. The van der Waals surface area contributed by atoms with Crippen LogP contribution in [0, 0.1) is 19.8 Å². The van der Waals surface area contributed by atoms with Crippen LogP contribution in [0.25, 0.3) is 11.0 Å². The molecule has 0 spiro atoms. The molecule has 2 unspecified atom stereocenters. The molecular weight excluding hydrogens is 278 g/mol. The fourth-order valence-corrected chi connectivity index (χ4v) is 3.49. The molecule has 6 heteroatoms. The molecule has 0 saturated carbocycles. The molecule has 6 nitrogen and oxygen atoms in total. The van der Waals surface area contributed by atoms with Crippen molar-refractivity contribution < 1.29 is 4.79 Å². The Kier molecular flexibility index (Phi) is 3.64. The van der Waals surface area contributed by atoms with Gasteiger partial charge < -0.3 is 10.6 Å². The second-order valence-electron chi connectivity index (χ2n) is 6.36. The van der Waals surface area contributed by atoms with Crippen LogP contribution in [0.1, 0.15) is 35.1 Å². The number of rotatable bonds is 2. The van der Waals surface area contributed by atoms with E-state index in [0.717, 1.165) is 35.4 Å². The molecule has 1 saturated heterocycles. The zero-order chi connectivity index (χ0) is 16.0. The van der Waals surface area contributed by atoms with Crippen LogP contribution >= 0.6 is 0 Å². The number of aromatic nitrogens is 3. The van der Waals surface area contributed by atoms with Crippen molar-refractivity contribution in [2.24, 2.45) is 18.7 Å². The number of nitrogens with zero attached hydrogens (tertiary/aromatic N) is 4. The Morgan fingerprint density at radius 2 is 2.18 bits per heavy atom. The molecule has 22 heavy (non-hydrogen) atoms. The summed E-state index contributed by atoms with van der Waals surface area (Å²) in [6.45, 7) is 7.29. The Labute approximate surface area is 130 Å². The Hall–Kier alpha value is -1.95. The fourth-order valence-electron chi connectivity index (χ4n) is 3.49. The fraction of sp³-hybridized carbons (Fsp3) is 0.562. The molecule has 1 amide bonds. The molecule has 2 aromatic rings. The van der Waals surface area contributed by atoms with E-state index in [1.807, 2.05) is 31.9 Å². The maximum Gasteiger partial charge on any atom is 0.254 e. The van der Waals surface area contributed by atoms with Crippen LogP contribution in [-0.2, 0) is 7.05 Å². The van der Waals surface area contributed by atoms with Crippen molar-refractivity contribution in [1.82, 2.24) is 19.7 Å². The Balaban J connectivity index is 2.08. The van der Waals surface area contributed by atoms with E-state index >= 15 is 0 Å². The van der Waals surface area contributed by atoms with Crippen molar-refractivity contribution in [3.63, 3.8) is 0 Å². The van der Waals surface area contributed by atoms with Crippen molar-refractivity contribution in [2.75, 3.05) is 13.1 Å². The van der Waals surface area contributed by atoms with E-state index in [1.165, 1.54) is 0 Å². The first-order chi connectivity index (χ1) is 10.4. The van der Waals surface area contributed by atoms with E-state index in [4.69, 9.17) is 5.73 Å². The summed E-state index contributed by atoms with van der Waals surface area (Å²) in [5.74, 6) is 0.461. The van der Waals surface area contributed by atoms with E-state index in [9.17, 15) is 4.79 Å². The van der Waals surface area contributed by atoms with Gasteiger partial charge in [-0.1, -0.05) is 0 Å². The van der Waals surface area contributed by atoms with Crippen molar-refractivity contribution in [1.29, 1.82) is 0 Å². The number of pyridine rings is 1. The minimum atomic E-state index is 0.0649. The van der Waals surface area contributed by atoms with Gasteiger partial charge in [-0.25, -0.2) is 4.98 Å². The molecule has 0 aromatic carbocycles. The van der Waals surface area contributed by atoms with E-state index in [-0.39, 0.29) is 11.9 Å². The molecule has 1 aliphatic rings. The maximum atomic E-state index is 13.1. The average molecular weight is 301 g/mol. The summed E-state index contributed by atoms with van der Waals surface area (Å²) >= 11 is 0. The van der Waals surface area contributed by atoms with Gasteiger partial charge in [0.15, 0.2) is 5.65 Å². The second kappa shape index (κ2) is 5.35. The number of carbonyl (C=O) groups excluding carboxylic acids is 1. The minimum absolute atomic E-state index is 0.0649. The summed E-state index contributed by atoms with van der Waals surface area (Å²) < 4.78 is 1.74. The smallest absolute Gasteiger partial charge is 0.254 e.